The largest absolute Gasteiger partial charge is 0.452 e. The summed E-state index contributed by atoms with van der Waals surface area (Å²) in [6.45, 7) is 4.92. The predicted molar refractivity (Wildman–Crippen MR) is 106 cm³/mol. The number of likely N-dealkylation sites (N-methyl/N-ethyl adjacent to an activating group) is 1. The average molecular weight is 418 g/mol. The van der Waals surface area contributed by atoms with Gasteiger partial charge in [-0.05, 0) is 38.5 Å². The fourth-order valence-corrected chi connectivity index (χ4v) is 2.63. The standard InChI is InChI=1S/C20H26N4O6/c1-20(2,3)22-15(25)11-23(4)17(27)12-30-18(28)14-7-5-13(6-8-14)10-24-16(26)9-21-19(24)29/h5-8H,9-12H2,1-4H3,(H,21,29)(H,22,25). The Morgan fingerprint density at radius 3 is 2.33 bits per heavy atom. The van der Waals surface area contributed by atoms with Crippen molar-refractivity contribution in [3.63, 3.8) is 0 Å². The molecule has 1 aliphatic heterocycles. The fourth-order valence-electron chi connectivity index (χ4n) is 2.63. The molecule has 162 valence electrons. The maximum atomic E-state index is 12.1. The first-order valence-corrected chi connectivity index (χ1v) is 9.35. The van der Waals surface area contributed by atoms with Crippen LogP contribution in [-0.2, 0) is 25.7 Å². The molecule has 1 aromatic rings. The number of urea groups is 1. The first-order valence-electron chi connectivity index (χ1n) is 9.35. The molecule has 30 heavy (non-hydrogen) atoms. The van der Waals surface area contributed by atoms with Crippen LogP contribution in [0.25, 0.3) is 0 Å². The second-order valence-electron chi connectivity index (χ2n) is 7.96. The van der Waals surface area contributed by atoms with Gasteiger partial charge in [0, 0.05) is 12.6 Å². The third-order valence-corrected chi connectivity index (χ3v) is 4.12. The van der Waals surface area contributed by atoms with E-state index in [9.17, 15) is 24.0 Å². The molecule has 2 N–H and O–H groups in total. The van der Waals surface area contributed by atoms with Crippen molar-refractivity contribution in [3.05, 3.63) is 35.4 Å². The van der Waals surface area contributed by atoms with Gasteiger partial charge in [0.1, 0.15) is 0 Å². The molecular weight excluding hydrogens is 392 g/mol. The lowest BCUT2D eigenvalue weighted by atomic mass is 10.1. The van der Waals surface area contributed by atoms with Gasteiger partial charge in [-0.3, -0.25) is 19.3 Å². The number of carbonyl (C=O) groups excluding carboxylic acids is 5. The number of nitrogens with one attached hydrogen (secondary N) is 2. The molecule has 0 radical (unpaired) electrons. The van der Waals surface area contributed by atoms with Crippen LogP contribution in [0.2, 0.25) is 0 Å². The number of rotatable bonds is 7. The Labute approximate surface area is 174 Å². The fraction of sp³-hybridized carbons (Fsp3) is 0.450. The molecule has 0 spiro atoms. The zero-order valence-corrected chi connectivity index (χ0v) is 17.5. The van der Waals surface area contributed by atoms with Crippen LogP contribution in [0.3, 0.4) is 0 Å². The number of ether oxygens (including phenoxy) is 1. The Morgan fingerprint density at radius 1 is 1.17 bits per heavy atom. The number of hydrogen-bond donors (Lipinski definition) is 2. The summed E-state index contributed by atoms with van der Waals surface area (Å²) in [6, 6.07) is 5.71. The Balaban J connectivity index is 1.83. The van der Waals surface area contributed by atoms with Gasteiger partial charge in [0.05, 0.1) is 25.2 Å². The van der Waals surface area contributed by atoms with Crippen LogP contribution in [0.15, 0.2) is 24.3 Å². The molecule has 0 atom stereocenters. The number of nitrogens with zero attached hydrogens (tertiary/aromatic N) is 2. The monoisotopic (exact) mass is 418 g/mol. The van der Waals surface area contributed by atoms with Crippen molar-refractivity contribution in [2.45, 2.75) is 32.9 Å². The molecule has 1 heterocycles. The molecule has 1 aromatic carbocycles. The molecule has 1 saturated heterocycles. The van der Waals surface area contributed by atoms with E-state index < -0.39 is 30.1 Å². The SMILES string of the molecule is CN(CC(=O)NC(C)(C)C)C(=O)COC(=O)c1ccc(CN2C(=O)CNC2=O)cc1. The Kier molecular flexibility index (Phi) is 7.14. The van der Waals surface area contributed by atoms with Crippen LogP contribution in [0.5, 0.6) is 0 Å². The number of imide groups is 1. The molecule has 5 amide bonds. The molecule has 0 saturated carbocycles. The third-order valence-electron chi connectivity index (χ3n) is 4.12. The van der Waals surface area contributed by atoms with Crippen molar-refractivity contribution >= 4 is 29.7 Å². The number of hydrogen-bond acceptors (Lipinski definition) is 6. The van der Waals surface area contributed by atoms with E-state index in [1.165, 1.54) is 24.1 Å². The highest BCUT2D eigenvalue weighted by Gasteiger charge is 2.28. The first-order chi connectivity index (χ1) is 14.0. The summed E-state index contributed by atoms with van der Waals surface area (Å²) in [5.41, 5.74) is 0.473. The minimum absolute atomic E-state index is 0.0242. The maximum Gasteiger partial charge on any atom is 0.338 e. The summed E-state index contributed by atoms with van der Waals surface area (Å²) in [5, 5.41) is 5.17. The molecule has 1 aliphatic rings. The van der Waals surface area contributed by atoms with Gasteiger partial charge in [0.25, 0.3) is 5.91 Å². The molecule has 10 nitrogen and oxygen atoms in total. The molecule has 0 aliphatic carbocycles. The van der Waals surface area contributed by atoms with E-state index in [1.807, 2.05) is 20.8 Å². The van der Waals surface area contributed by atoms with Crippen molar-refractivity contribution in [2.24, 2.45) is 0 Å². The summed E-state index contributed by atoms with van der Waals surface area (Å²) in [6.07, 6.45) is 0. The van der Waals surface area contributed by atoms with Gasteiger partial charge in [-0.1, -0.05) is 12.1 Å². The average Bonchev–Trinajstić information content (AvgIpc) is 2.96. The second-order valence-corrected chi connectivity index (χ2v) is 7.96. The van der Waals surface area contributed by atoms with Gasteiger partial charge in [-0.25, -0.2) is 9.59 Å². The molecular formula is C20H26N4O6. The number of carbonyl (C=O) groups is 5. The summed E-state index contributed by atoms with van der Waals surface area (Å²) < 4.78 is 5.01. The van der Waals surface area contributed by atoms with E-state index in [2.05, 4.69) is 10.6 Å². The summed E-state index contributed by atoms with van der Waals surface area (Å²) in [7, 11) is 1.45. The molecule has 0 aromatic heterocycles. The topological polar surface area (TPSA) is 125 Å². The smallest absolute Gasteiger partial charge is 0.338 e. The van der Waals surface area contributed by atoms with E-state index in [4.69, 9.17) is 4.74 Å². The van der Waals surface area contributed by atoms with E-state index in [1.54, 1.807) is 12.1 Å². The van der Waals surface area contributed by atoms with Crippen LogP contribution in [0, 0.1) is 0 Å². The zero-order valence-electron chi connectivity index (χ0n) is 17.5. The van der Waals surface area contributed by atoms with E-state index in [0.29, 0.717) is 5.56 Å². The van der Waals surface area contributed by atoms with Gasteiger partial charge in [-0.2, -0.15) is 0 Å². The number of benzene rings is 1. The van der Waals surface area contributed by atoms with Crippen LogP contribution < -0.4 is 10.6 Å². The summed E-state index contributed by atoms with van der Waals surface area (Å²) in [5.74, 6) is -1.84. The minimum atomic E-state index is -0.697. The van der Waals surface area contributed by atoms with Crippen LogP contribution in [0.1, 0.15) is 36.7 Å². The van der Waals surface area contributed by atoms with Crippen LogP contribution in [-0.4, -0.2) is 71.8 Å². The van der Waals surface area contributed by atoms with Crippen molar-refractivity contribution in [1.29, 1.82) is 0 Å². The Hall–Kier alpha value is -3.43. The van der Waals surface area contributed by atoms with Gasteiger partial charge in [0.15, 0.2) is 6.61 Å². The van der Waals surface area contributed by atoms with Gasteiger partial charge in [0.2, 0.25) is 11.8 Å². The molecule has 0 unspecified atom stereocenters. The summed E-state index contributed by atoms with van der Waals surface area (Å²) in [4.78, 5) is 61.5. The Bertz CT molecular complexity index is 828. The lowest BCUT2D eigenvalue weighted by Crippen LogP contribution is -2.46. The number of amides is 5. The highest BCUT2D eigenvalue weighted by molar-refractivity contribution is 6.01. The molecule has 0 bridgehead atoms. The lowest BCUT2D eigenvalue weighted by Gasteiger charge is -2.23. The zero-order chi connectivity index (χ0) is 22.5. The van der Waals surface area contributed by atoms with E-state index >= 15 is 0 Å². The quantitative estimate of drug-likeness (QED) is 0.484. The van der Waals surface area contributed by atoms with Gasteiger partial charge >= 0.3 is 12.0 Å². The normalized spacial score (nSPS) is 13.7. The molecule has 1 fully saturated rings. The third kappa shape index (κ3) is 6.57. The number of esters is 1. The van der Waals surface area contributed by atoms with Crippen molar-refractivity contribution < 1.29 is 28.7 Å². The first kappa shape index (κ1) is 22.9. The van der Waals surface area contributed by atoms with Crippen molar-refractivity contribution in [1.82, 2.24) is 20.4 Å². The second kappa shape index (κ2) is 9.38. The van der Waals surface area contributed by atoms with Crippen molar-refractivity contribution in [3.8, 4) is 0 Å². The molecule has 2 rings (SSSR count). The van der Waals surface area contributed by atoms with Crippen molar-refractivity contribution in [2.75, 3.05) is 26.7 Å². The van der Waals surface area contributed by atoms with Crippen LogP contribution >= 0.6 is 0 Å². The minimum Gasteiger partial charge on any atom is -0.452 e. The highest BCUT2D eigenvalue weighted by atomic mass is 16.5. The summed E-state index contributed by atoms with van der Waals surface area (Å²) >= 11 is 0. The van der Waals surface area contributed by atoms with Gasteiger partial charge in [-0.15, -0.1) is 0 Å². The highest BCUT2D eigenvalue weighted by Crippen LogP contribution is 2.11. The molecule has 10 heteroatoms. The van der Waals surface area contributed by atoms with E-state index in [0.717, 1.165) is 4.90 Å². The van der Waals surface area contributed by atoms with Gasteiger partial charge < -0.3 is 20.3 Å². The lowest BCUT2D eigenvalue weighted by molar-refractivity contribution is -0.137. The Morgan fingerprint density at radius 2 is 1.80 bits per heavy atom. The van der Waals surface area contributed by atoms with Crippen LogP contribution in [0.4, 0.5) is 4.79 Å². The maximum absolute atomic E-state index is 12.1. The van der Waals surface area contributed by atoms with E-state index in [-0.39, 0.29) is 37.0 Å². The predicted octanol–water partition coefficient (Wildman–Crippen LogP) is 0.268.